The molecule has 0 unspecified atom stereocenters. The maximum atomic E-state index is 14.5. The molecule has 3 heterocycles. The first-order valence-electron chi connectivity index (χ1n) is 37.2. The van der Waals surface area contributed by atoms with Gasteiger partial charge in [-0.25, -0.2) is 15.3 Å². The van der Waals surface area contributed by atoms with Crippen LogP contribution in [-0.2, 0) is 65.8 Å². The molecular formula is C76H116N12O13S. The van der Waals surface area contributed by atoms with Gasteiger partial charge in [-0.05, 0) is 125 Å². The third-order valence-electron chi connectivity index (χ3n) is 20.3. The van der Waals surface area contributed by atoms with Crippen molar-refractivity contribution in [3.8, 4) is 0 Å². The van der Waals surface area contributed by atoms with Crippen LogP contribution in [0.3, 0.4) is 0 Å². The van der Waals surface area contributed by atoms with Crippen LogP contribution in [0.1, 0.15) is 223 Å². The first-order chi connectivity index (χ1) is 48.7. The molecule has 0 bridgehead atoms. The van der Waals surface area contributed by atoms with Crippen LogP contribution in [0.5, 0.6) is 0 Å². The van der Waals surface area contributed by atoms with Crippen molar-refractivity contribution in [3.63, 3.8) is 0 Å². The number of Topliss-reactive ketones (excluding diaryl/α,β-unsaturated/α-hetero) is 1. The molecule has 3 aliphatic rings. The number of nitrogens with zero attached hydrogens (tertiary/aromatic N) is 4. The second-order valence-electron chi connectivity index (χ2n) is 29.1. The molecule has 2 aromatic carbocycles. The van der Waals surface area contributed by atoms with Crippen LogP contribution >= 0.6 is 11.3 Å². The quantitative estimate of drug-likeness (QED) is 0.0152. The minimum absolute atomic E-state index is 0.0483. The maximum Gasteiger partial charge on any atom is 0.312 e. The fourth-order valence-electron chi connectivity index (χ4n) is 13.9. The number of nitrogens with two attached hydrogens (primary N) is 1. The van der Waals surface area contributed by atoms with E-state index in [-0.39, 0.29) is 98.4 Å². The van der Waals surface area contributed by atoms with E-state index in [0.29, 0.717) is 80.1 Å². The number of nitrogens with one attached hydrogen (secondary N) is 7. The monoisotopic (exact) mass is 1440 g/mol. The molecule has 0 radical (unpaired) electrons. The third-order valence-corrected chi connectivity index (χ3v) is 21.3. The summed E-state index contributed by atoms with van der Waals surface area (Å²) in [4.78, 5) is 164. The number of ketones is 1. The van der Waals surface area contributed by atoms with Crippen LogP contribution in [-0.4, -0.2) is 161 Å². The van der Waals surface area contributed by atoms with Gasteiger partial charge in [0.05, 0.1) is 12.6 Å². The predicted molar refractivity (Wildman–Crippen MR) is 392 cm³/mol. The number of carbonyl (C=O) groups excluding carboxylic acids is 11. The van der Waals surface area contributed by atoms with Crippen LogP contribution in [0.25, 0.3) is 0 Å². The lowest BCUT2D eigenvalue weighted by Crippen LogP contribution is -2.58. The minimum Gasteiger partial charge on any atom is -0.455 e. The number of urea groups is 1. The highest BCUT2D eigenvalue weighted by molar-refractivity contribution is 7.09. The number of aromatic nitrogens is 1. The molecular weight excluding hydrogens is 1320 g/mol. The standard InChI is InChI=1S/C76H116N12O13S/c1-11-50(6)67(84-72(96)61-30-22-24-40-86(61)9)75(98)87(10)62(48(2)3)45-63(101-52(8)89)74-82-60(47-102-74)71(95)80-58(44-53-25-17-16-18-26-53)43-51(7)69(93)85-100-46-54-31-33-57(34-32-54)79-70(94)59(29-21-23-39-78-76(77)99)81-73(97)66(49(4)5)83-64(90)35-36-65(91)88-41-37-56(38-42-88)68(92)55-27-19-14-12-13-15-20-28-55/h16-18,25-26,31-34,47-51,55-56,58-59,61-63,66-67H,11-15,19-24,27-30,35-46H2,1-10H3,(H,79,94)(H,80,95)(H,81,97)(H,83,90)(H,84,96)(H,85,93)(H3,77,78,99)/t50-,51-,58+,59-,61+,62+,63+,66-,67-/m0/s1. The normalized spacial score (nSPS) is 18.0. The van der Waals surface area contributed by atoms with Crippen molar-refractivity contribution in [2.45, 2.75) is 246 Å². The predicted octanol–water partition coefficient (Wildman–Crippen LogP) is 8.99. The lowest BCUT2D eigenvalue weighted by Gasteiger charge is -2.38. The highest BCUT2D eigenvalue weighted by atomic mass is 32.1. The molecule has 1 saturated carbocycles. The Balaban J connectivity index is 1.01. The smallest absolute Gasteiger partial charge is 0.312 e. The Labute approximate surface area is 607 Å². The van der Waals surface area contributed by atoms with Crippen molar-refractivity contribution in [1.82, 2.24) is 51.7 Å². The molecule has 9 atom stereocenters. The summed E-state index contributed by atoms with van der Waals surface area (Å²) in [5, 5.41) is 19.1. The third kappa shape index (κ3) is 27.1. The minimum atomic E-state index is -1.06. The number of hydroxylamine groups is 1. The van der Waals surface area contributed by atoms with E-state index < -0.39 is 89.7 Å². The number of likely N-dealkylation sites (N-methyl/N-ethyl adjacent to an activating group) is 2. The van der Waals surface area contributed by atoms with Crippen molar-refractivity contribution < 1.29 is 62.3 Å². The lowest BCUT2D eigenvalue weighted by molar-refractivity contribution is -0.149. The molecule has 3 aromatic rings. The molecule has 2 aliphatic heterocycles. The van der Waals surface area contributed by atoms with Crippen LogP contribution in [0, 0.1) is 35.5 Å². The van der Waals surface area contributed by atoms with Gasteiger partial charge in [-0.2, -0.15) is 0 Å². The number of anilines is 1. The van der Waals surface area contributed by atoms with Crippen LogP contribution in [0.15, 0.2) is 60.0 Å². The van der Waals surface area contributed by atoms with Gasteiger partial charge < -0.3 is 52.2 Å². The molecule has 102 heavy (non-hydrogen) atoms. The van der Waals surface area contributed by atoms with Gasteiger partial charge in [0.1, 0.15) is 34.6 Å². The molecule has 564 valence electrons. The molecule has 0 spiro atoms. The van der Waals surface area contributed by atoms with E-state index in [1.165, 1.54) is 32.6 Å². The molecule has 9 N–H and O–H groups in total. The summed E-state index contributed by atoms with van der Waals surface area (Å²) < 4.78 is 5.89. The lowest BCUT2D eigenvalue weighted by atomic mass is 9.81. The number of thiazole rings is 1. The van der Waals surface area contributed by atoms with E-state index in [0.717, 1.165) is 62.0 Å². The van der Waals surface area contributed by atoms with Gasteiger partial charge in [0.25, 0.3) is 5.91 Å². The highest BCUT2D eigenvalue weighted by Gasteiger charge is 2.39. The SMILES string of the molecule is CC[C@H](C)[C@H](NC(=O)[C@H]1CCCCN1C)C(=O)N(C)[C@H](C[C@@H](OC(C)=O)c1nc(C(=O)N[C@@H](Cc2ccccc2)C[C@H](C)C(=O)NOCc2ccc(NC(=O)[C@H](CCCCNC(N)=O)NC(=O)[C@@H](NC(=O)CCC(=O)N3CCC(C(=O)C4CCCCCCCC4)CC3)C(C)C)cc2)cs1)C(C)C. The van der Waals surface area contributed by atoms with E-state index in [9.17, 15) is 52.7 Å². The Morgan fingerprint density at radius 3 is 1.98 bits per heavy atom. The number of benzene rings is 2. The maximum absolute atomic E-state index is 14.5. The number of esters is 1. The van der Waals surface area contributed by atoms with Crippen molar-refractivity contribution >= 4 is 82.1 Å². The summed E-state index contributed by atoms with van der Waals surface area (Å²) in [6.45, 7) is 16.4. The summed E-state index contributed by atoms with van der Waals surface area (Å²) in [5.74, 6) is -4.64. The topological polar surface area (TPSA) is 339 Å². The zero-order chi connectivity index (χ0) is 74.4. The van der Waals surface area contributed by atoms with Gasteiger partial charge in [-0.15, -0.1) is 11.3 Å². The first-order valence-corrected chi connectivity index (χ1v) is 38.1. The Bertz CT molecular complexity index is 3210. The molecule has 2 saturated heterocycles. The fourth-order valence-corrected chi connectivity index (χ4v) is 14.7. The average Bonchev–Trinajstić information content (AvgIpc) is 1.40. The van der Waals surface area contributed by atoms with Crippen LogP contribution in [0.2, 0.25) is 0 Å². The Kier molecular flexibility index (Phi) is 34.8. The average molecular weight is 1440 g/mol. The van der Waals surface area contributed by atoms with Gasteiger partial charge in [-0.1, -0.05) is 142 Å². The number of unbranched alkanes of at least 4 members (excludes halogenated alkanes) is 1. The largest absolute Gasteiger partial charge is 0.455 e. The van der Waals surface area contributed by atoms with Crippen molar-refractivity contribution in [1.29, 1.82) is 0 Å². The number of carbonyl (C=O) groups is 11. The van der Waals surface area contributed by atoms with E-state index in [4.69, 9.17) is 20.3 Å². The summed E-state index contributed by atoms with van der Waals surface area (Å²) in [5.41, 5.74) is 9.83. The van der Waals surface area contributed by atoms with E-state index in [1.807, 2.05) is 70.0 Å². The number of hydrogen-bond donors (Lipinski definition) is 8. The summed E-state index contributed by atoms with van der Waals surface area (Å²) in [6, 6.07) is 11.3. The molecule has 1 aliphatic carbocycles. The molecule has 3 fully saturated rings. The van der Waals surface area contributed by atoms with E-state index >= 15 is 0 Å². The number of ether oxygens (including phenoxy) is 1. The number of likely N-dealkylation sites (tertiary alicyclic amines) is 2. The highest BCUT2D eigenvalue weighted by Crippen LogP contribution is 2.33. The van der Waals surface area contributed by atoms with Crippen molar-refractivity contribution in [2.24, 2.45) is 41.2 Å². The van der Waals surface area contributed by atoms with Crippen molar-refractivity contribution in [3.05, 3.63) is 81.8 Å². The molecule has 26 heteroatoms. The summed E-state index contributed by atoms with van der Waals surface area (Å²) in [6.07, 6.45) is 14.1. The zero-order valence-corrected chi connectivity index (χ0v) is 62.8. The number of rotatable bonds is 37. The molecule has 25 nitrogen and oxygen atoms in total. The van der Waals surface area contributed by atoms with Gasteiger partial charge in [0, 0.05) is 93.8 Å². The second-order valence-corrected chi connectivity index (χ2v) is 29.9. The van der Waals surface area contributed by atoms with E-state index in [1.54, 1.807) is 67.3 Å². The first kappa shape index (κ1) is 83.1. The molecule has 6 rings (SSSR count). The Hall–Kier alpha value is -7.84. The second kappa shape index (κ2) is 42.7. The Morgan fingerprint density at radius 1 is 0.696 bits per heavy atom. The summed E-state index contributed by atoms with van der Waals surface area (Å²) >= 11 is 1.16. The van der Waals surface area contributed by atoms with Gasteiger partial charge in [0.15, 0.2) is 6.10 Å². The molecule has 10 amide bonds. The number of amides is 10. The van der Waals surface area contributed by atoms with Gasteiger partial charge in [0.2, 0.25) is 41.4 Å². The van der Waals surface area contributed by atoms with Crippen LogP contribution < -0.4 is 43.1 Å². The van der Waals surface area contributed by atoms with Crippen molar-refractivity contribution in [2.75, 3.05) is 45.6 Å². The van der Waals surface area contributed by atoms with Gasteiger partial charge in [-0.3, -0.25) is 57.7 Å². The van der Waals surface area contributed by atoms with E-state index in [2.05, 4.69) is 37.4 Å². The van der Waals surface area contributed by atoms with Crippen LogP contribution in [0.4, 0.5) is 10.5 Å². The number of piperidine rings is 2. The fraction of sp³-hybridized carbons (Fsp3) is 0.658. The Morgan fingerprint density at radius 2 is 1.35 bits per heavy atom. The molecule has 1 aromatic heterocycles. The number of primary amides is 1. The number of hydrogen-bond acceptors (Lipinski definition) is 16. The zero-order valence-electron chi connectivity index (χ0n) is 62.0. The summed E-state index contributed by atoms with van der Waals surface area (Å²) in [7, 11) is 3.64. The van der Waals surface area contributed by atoms with Gasteiger partial charge >= 0.3 is 12.0 Å².